The van der Waals surface area contributed by atoms with E-state index in [1.807, 2.05) is 6.92 Å². The fourth-order valence-corrected chi connectivity index (χ4v) is 0.869. The molecule has 1 aromatic heterocycles. The Balaban J connectivity index is 2.50. The highest BCUT2D eigenvalue weighted by molar-refractivity contribution is 7.11. The first kappa shape index (κ1) is 5.56. The summed E-state index contributed by atoms with van der Waals surface area (Å²) < 4.78 is 5.02. The number of thiazole rings is 1. The first-order chi connectivity index (χ1) is 3.93. The molecule has 0 bridgehead atoms. The predicted molar refractivity (Wildman–Crippen MR) is 32.1 cm³/mol. The molecular weight excluding hydrogens is 122 g/mol. The van der Waals surface area contributed by atoms with Crippen molar-refractivity contribution in [3.05, 3.63) is 11.6 Å². The van der Waals surface area contributed by atoms with Crippen molar-refractivity contribution in [1.29, 1.82) is 0 Å². The third kappa shape index (κ3) is 1.20. The number of nitrogens with zero attached hydrogens (tertiary/aromatic N) is 1. The van der Waals surface area contributed by atoms with Crippen molar-refractivity contribution >= 4 is 11.3 Å². The molecule has 0 aliphatic carbocycles. The predicted octanol–water partition coefficient (Wildman–Crippen LogP) is 1.34. The summed E-state index contributed by atoms with van der Waals surface area (Å²) in [6, 6.07) is 0. The Labute approximate surface area is 52.1 Å². The lowest BCUT2D eigenvalue weighted by Gasteiger charge is -1.91. The zero-order valence-corrected chi connectivity index (χ0v) is 5.36. The lowest BCUT2D eigenvalue weighted by atomic mass is 10.9. The Kier molecular flexibility index (Phi) is 1.86. The summed E-state index contributed by atoms with van der Waals surface area (Å²) in [5.74, 6) is 0. The van der Waals surface area contributed by atoms with E-state index in [-0.39, 0.29) is 0 Å². The maximum atomic E-state index is 5.02. The molecule has 0 spiro atoms. The molecule has 1 rings (SSSR count). The molecule has 0 aliphatic rings. The molecular formula is C5H6NOS. The lowest BCUT2D eigenvalue weighted by molar-refractivity contribution is 0.338. The quantitative estimate of drug-likeness (QED) is 0.599. The number of hydrogen-bond acceptors (Lipinski definition) is 3. The molecule has 0 N–H and O–H groups in total. The fourth-order valence-electron chi connectivity index (χ4n) is 0.372. The van der Waals surface area contributed by atoms with Gasteiger partial charge in [-0.1, -0.05) is 11.3 Å². The summed E-state index contributed by atoms with van der Waals surface area (Å²) in [6.07, 6.45) is 2.66. The van der Waals surface area contributed by atoms with Gasteiger partial charge >= 0.3 is 0 Å². The number of rotatable bonds is 2. The standard InChI is InChI=1S/C5H6NOS/c1-2-7-5-6-3-4-8-5/h4H,2H2,1H3. The molecule has 0 fully saturated rings. The Morgan fingerprint density at radius 2 is 2.88 bits per heavy atom. The van der Waals surface area contributed by atoms with Crippen LogP contribution in [0.1, 0.15) is 6.92 Å². The molecule has 0 atom stereocenters. The highest BCUT2D eigenvalue weighted by atomic mass is 32.1. The first-order valence-electron chi connectivity index (χ1n) is 2.38. The Hall–Kier alpha value is -0.570. The second-order valence-electron chi connectivity index (χ2n) is 1.18. The molecule has 0 unspecified atom stereocenters. The van der Waals surface area contributed by atoms with Crippen LogP contribution in [-0.2, 0) is 0 Å². The van der Waals surface area contributed by atoms with E-state index in [1.54, 1.807) is 5.38 Å². The van der Waals surface area contributed by atoms with Crippen molar-refractivity contribution in [2.24, 2.45) is 0 Å². The van der Waals surface area contributed by atoms with Gasteiger partial charge in [-0.3, -0.25) is 0 Å². The number of aromatic nitrogens is 1. The smallest absolute Gasteiger partial charge is 0.273 e. The van der Waals surface area contributed by atoms with Crippen LogP contribution in [0.4, 0.5) is 0 Å². The summed E-state index contributed by atoms with van der Waals surface area (Å²) in [7, 11) is 0. The molecule has 8 heavy (non-hydrogen) atoms. The van der Waals surface area contributed by atoms with Gasteiger partial charge < -0.3 is 4.74 Å². The fraction of sp³-hybridized carbons (Fsp3) is 0.400. The summed E-state index contributed by atoms with van der Waals surface area (Å²) in [6.45, 7) is 2.61. The van der Waals surface area contributed by atoms with Crippen molar-refractivity contribution in [2.75, 3.05) is 6.61 Å². The van der Waals surface area contributed by atoms with Gasteiger partial charge in [0.1, 0.15) is 6.20 Å². The average Bonchev–Trinajstić information content (AvgIpc) is 2.19. The van der Waals surface area contributed by atoms with E-state index in [2.05, 4.69) is 11.2 Å². The molecule has 0 amide bonds. The largest absolute Gasteiger partial charge is 0.470 e. The van der Waals surface area contributed by atoms with Gasteiger partial charge in [-0.25, -0.2) is 4.98 Å². The van der Waals surface area contributed by atoms with E-state index in [4.69, 9.17) is 4.74 Å². The van der Waals surface area contributed by atoms with Crippen molar-refractivity contribution in [1.82, 2.24) is 4.98 Å². The lowest BCUT2D eigenvalue weighted by Crippen LogP contribution is -1.88. The molecule has 1 aromatic rings. The zero-order valence-electron chi connectivity index (χ0n) is 4.55. The van der Waals surface area contributed by atoms with Crippen LogP contribution in [0.3, 0.4) is 0 Å². The summed E-state index contributed by atoms with van der Waals surface area (Å²) in [5.41, 5.74) is 0. The van der Waals surface area contributed by atoms with Gasteiger partial charge in [-0.05, 0) is 6.92 Å². The average molecular weight is 128 g/mol. The van der Waals surface area contributed by atoms with E-state index < -0.39 is 0 Å². The molecule has 2 nitrogen and oxygen atoms in total. The van der Waals surface area contributed by atoms with Gasteiger partial charge in [0.2, 0.25) is 0 Å². The highest BCUT2D eigenvalue weighted by Gasteiger charge is 1.89. The van der Waals surface area contributed by atoms with Crippen molar-refractivity contribution < 1.29 is 4.74 Å². The van der Waals surface area contributed by atoms with Crippen LogP contribution in [0, 0.1) is 6.20 Å². The molecule has 0 saturated heterocycles. The summed E-state index contributed by atoms with van der Waals surface area (Å²) in [5, 5.41) is 2.47. The minimum absolute atomic E-state index is 0.682. The number of ether oxygens (including phenoxy) is 1. The third-order valence-corrected chi connectivity index (χ3v) is 1.27. The SMILES string of the molecule is CCOc1n[c]cs1. The Bertz CT molecular complexity index is 138. The van der Waals surface area contributed by atoms with E-state index in [1.165, 1.54) is 11.3 Å². The monoisotopic (exact) mass is 128 g/mol. The minimum Gasteiger partial charge on any atom is -0.470 e. The van der Waals surface area contributed by atoms with Crippen molar-refractivity contribution in [2.45, 2.75) is 6.92 Å². The van der Waals surface area contributed by atoms with Gasteiger partial charge in [0.05, 0.1) is 6.61 Å². The second-order valence-corrected chi connectivity index (χ2v) is 2.00. The van der Waals surface area contributed by atoms with Crippen LogP contribution in [0.2, 0.25) is 0 Å². The molecule has 1 radical (unpaired) electrons. The van der Waals surface area contributed by atoms with Gasteiger partial charge in [-0.2, -0.15) is 0 Å². The van der Waals surface area contributed by atoms with Crippen molar-refractivity contribution in [3.8, 4) is 5.19 Å². The van der Waals surface area contributed by atoms with E-state index in [0.717, 1.165) is 0 Å². The van der Waals surface area contributed by atoms with Crippen LogP contribution in [0.25, 0.3) is 0 Å². The van der Waals surface area contributed by atoms with E-state index in [9.17, 15) is 0 Å². The number of hydrogen-bond donors (Lipinski definition) is 0. The highest BCUT2D eigenvalue weighted by Crippen LogP contribution is 2.11. The molecule has 43 valence electrons. The molecule has 0 aromatic carbocycles. The molecule has 0 saturated carbocycles. The van der Waals surface area contributed by atoms with E-state index >= 15 is 0 Å². The topological polar surface area (TPSA) is 22.1 Å². The van der Waals surface area contributed by atoms with Crippen LogP contribution >= 0.6 is 11.3 Å². The second kappa shape index (κ2) is 2.67. The van der Waals surface area contributed by atoms with E-state index in [0.29, 0.717) is 11.8 Å². The Morgan fingerprint density at radius 1 is 2.00 bits per heavy atom. The van der Waals surface area contributed by atoms with Crippen LogP contribution in [-0.4, -0.2) is 11.6 Å². The maximum absolute atomic E-state index is 5.02. The summed E-state index contributed by atoms with van der Waals surface area (Å²) >= 11 is 1.46. The van der Waals surface area contributed by atoms with Gasteiger partial charge in [0.25, 0.3) is 5.19 Å². The molecule has 1 heterocycles. The maximum Gasteiger partial charge on any atom is 0.273 e. The minimum atomic E-state index is 0.682. The van der Waals surface area contributed by atoms with Crippen LogP contribution in [0.5, 0.6) is 5.19 Å². The van der Waals surface area contributed by atoms with Gasteiger partial charge in [0, 0.05) is 5.38 Å². The van der Waals surface area contributed by atoms with Crippen LogP contribution in [0.15, 0.2) is 5.38 Å². The summed E-state index contributed by atoms with van der Waals surface area (Å²) in [4.78, 5) is 3.78. The Morgan fingerprint density at radius 3 is 3.38 bits per heavy atom. The van der Waals surface area contributed by atoms with Crippen molar-refractivity contribution in [3.63, 3.8) is 0 Å². The van der Waals surface area contributed by atoms with Crippen LogP contribution < -0.4 is 4.74 Å². The van der Waals surface area contributed by atoms with Gasteiger partial charge in [0.15, 0.2) is 0 Å². The normalized spacial score (nSPS) is 9.12. The zero-order chi connectivity index (χ0) is 5.82. The molecule has 0 aliphatic heterocycles. The molecule has 3 heteroatoms. The first-order valence-corrected chi connectivity index (χ1v) is 3.26. The van der Waals surface area contributed by atoms with Gasteiger partial charge in [-0.15, -0.1) is 0 Å². The third-order valence-electron chi connectivity index (χ3n) is 0.636.